The van der Waals surface area contributed by atoms with E-state index in [1.807, 2.05) is 0 Å². The zero-order chi connectivity index (χ0) is 18.5. The maximum atomic E-state index is 13.0. The second-order valence-electron chi connectivity index (χ2n) is 8.29. The van der Waals surface area contributed by atoms with Gasteiger partial charge < -0.3 is 10.1 Å². The van der Waals surface area contributed by atoms with Crippen molar-refractivity contribution in [2.24, 2.45) is 23.7 Å². The van der Waals surface area contributed by atoms with E-state index >= 15 is 0 Å². The average molecular weight is 368 g/mol. The van der Waals surface area contributed by atoms with E-state index in [2.05, 4.69) is 5.32 Å². The molecule has 1 aromatic carbocycles. The van der Waals surface area contributed by atoms with Crippen molar-refractivity contribution >= 4 is 23.4 Å². The third-order valence-corrected chi connectivity index (χ3v) is 6.81. The minimum absolute atomic E-state index is 0.0749. The summed E-state index contributed by atoms with van der Waals surface area (Å²) in [6, 6.07) is 6.85. The Labute approximate surface area is 158 Å². The van der Waals surface area contributed by atoms with Gasteiger partial charge in [-0.25, -0.2) is 0 Å². The van der Waals surface area contributed by atoms with E-state index in [0.717, 1.165) is 38.7 Å². The summed E-state index contributed by atoms with van der Waals surface area (Å²) >= 11 is 0. The number of benzene rings is 1. The van der Waals surface area contributed by atoms with Crippen LogP contribution < -0.4 is 10.2 Å². The predicted octanol–water partition coefficient (Wildman–Crippen LogP) is 2.13. The fraction of sp³-hybridized carbons (Fsp3) is 0.571. The maximum absolute atomic E-state index is 13.0. The third-order valence-electron chi connectivity index (χ3n) is 6.81. The van der Waals surface area contributed by atoms with Crippen molar-refractivity contribution in [3.8, 4) is 0 Å². The van der Waals surface area contributed by atoms with Crippen LogP contribution in [0.25, 0.3) is 0 Å². The molecule has 0 spiro atoms. The van der Waals surface area contributed by atoms with Crippen LogP contribution in [-0.2, 0) is 14.3 Å². The summed E-state index contributed by atoms with van der Waals surface area (Å²) in [7, 11) is 0. The highest BCUT2D eigenvalue weighted by molar-refractivity contribution is 6.22. The van der Waals surface area contributed by atoms with E-state index in [0.29, 0.717) is 29.6 Å². The highest BCUT2D eigenvalue weighted by Crippen LogP contribution is 2.56. The summed E-state index contributed by atoms with van der Waals surface area (Å²) in [5.41, 5.74) is 0.981. The highest BCUT2D eigenvalue weighted by atomic mass is 16.5. The van der Waals surface area contributed by atoms with E-state index in [9.17, 15) is 14.4 Å². The molecule has 2 aliphatic heterocycles. The number of rotatable bonds is 4. The summed E-state index contributed by atoms with van der Waals surface area (Å²) in [5, 5.41) is 2.89. The molecule has 5 atom stereocenters. The Kier molecular flexibility index (Phi) is 4.04. The fourth-order valence-electron chi connectivity index (χ4n) is 5.56. The van der Waals surface area contributed by atoms with Gasteiger partial charge in [-0.2, -0.15) is 0 Å². The zero-order valence-corrected chi connectivity index (χ0v) is 15.2. The van der Waals surface area contributed by atoms with Crippen molar-refractivity contribution in [1.82, 2.24) is 5.32 Å². The molecule has 1 aromatic rings. The second kappa shape index (κ2) is 6.44. The number of carbonyl (C=O) groups is 3. The van der Waals surface area contributed by atoms with Crippen LogP contribution in [0.2, 0.25) is 0 Å². The Bertz CT molecular complexity index is 773. The Balaban J connectivity index is 1.34. The van der Waals surface area contributed by atoms with Crippen molar-refractivity contribution in [3.05, 3.63) is 29.8 Å². The van der Waals surface area contributed by atoms with Crippen LogP contribution in [0.4, 0.5) is 5.69 Å². The predicted molar refractivity (Wildman–Crippen MR) is 98.1 cm³/mol. The lowest BCUT2D eigenvalue weighted by molar-refractivity contribution is -0.123. The lowest BCUT2D eigenvalue weighted by atomic mass is 9.81. The van der Waals surface area contributed by atoms with Gasteiger partial charge in [0.25, 0.3) is 5.91 Å². The zero-order valence-electron chi connectivity index (χ0n) is 15.2. The minimum Gasteiger partial charge on any atom is -0.376 e. The quantitative estimate of drug-likeness (QED) is 0.826. The van der Waals surface area contributed by atoms with Gasteiger partial charge in [-0.15, -0.1) is 0 Å². The van der Waals surface area contributed by atoms with Gasteiger partial charge in [0.2, 0.25) is 11.8 Å². The van der Waals surface area contributed by atoms with Crippen molar-refractivity contribution < 1.29 is 19.1 Å². The normalized spacial score (nSPS) is 34.4. The maximum Gasteiger partial charge on any atom is 0.251 e. The first-order valence-electron chi connectivity index (χ1n) is 10.0. The Morgan fingerprint density at radius 2 is 1.85 bits per heavy atom. The number of hydrogen-bond donors (Lipinski definition) is 1. The standard InChI is InChI=1S/C21H24N2O4/c24-19(22-11-16-5-2-8-27-16)14-3-1-4-15(10-14)23-20(25)17-12-6-7-13(9-12)18(17)21(23)26/h1,3-4,10,12-13,16-18H,2,5-9,11H2,(H,22,24)/t12-,13+,16-,17-,18-/m0/s1. The molecule has 2 aliphatic carbocycles. The Hall–Kier alpha value is -2.21. The topological polar surface area (TPSA) is 75.7 Å². The van der Waals surface area contributed by atoms with Crippen LogP contribution in [0.1, 0.15) is 42.5 Å². The van der Waals surface area contributed by atoms with E-state index in [1.54, 1.807) is 24.3 Å². The first-order chi connectivity index (χ1) is 13.1. The van der Waals surface area contributed by atoms with Crippen LogP contribution >= 0.6 is 0 Å². The third kappa shape index (κ3) is 2.69. The number of imide groups is 1. The van der Waals surface area contributed by atoms with Crippen LogP contribution in [0.3, 0.4) is 0 Å². The van der Waals surface area contributed by atoms with Crippen LogP contribution in [0.5, 0.6) is 0 Å². The number of anilines is 1. The summed E-state index contributed by atoms with van der Waals surface area (Å²) in [5.74, 6) is 0.0788. The van der Waals surface area contributed by atoms with Crippen molar-refractivity contribution in [2.45, 2.75) is 38.2 Å². The highest BCUT2D eigenvalue weighted by Gasteiger charge is 2.61. The van der Waals surface area contributed by atoms with Gasteiger partial charge in [-0.3, -0.25) is 19.3 Å². The number of nitrogens with zero attached hydrogens (tertiary/aromatic N) is 1. The molecule has 2 saturated heterocycles. The molecule has 2 bridgehead atoms. The smallest absolute Gasteiger partial charge is 0.251 e. The molecule has 0 radical (unpaired) electrons. The number of ether oxygens (including phenoxy) is 1. The van der Waals surface area contributed by atoms with E-state index in [1.165, 1.54) is 4.90 Å². The summed E-state index contributed by atoms with van der Waals surface area (Å²) < 4.78 is 5.53. The molecule has 3 amide bonds. The summed E-state index contributed by atoms with van der Waals surface area (Å²) in [6.45, 7) is 1.23. The molecule has 6 nitrogen and oxygen atoms in total. The number of carbonyl (C=O) groups excluding carboxylic acids is 3. The van der Waals surface area contributed by atoms with E-state index in [4.69, 9.17) is 4.74 Å². The Morgan fingerprint density at radius 3 is 2.52 bits per heavy atom. The lowest BCUT2D eigenvalue weighted by Gasteiger charge is -2.19. The molecule has 1 N–H and O–H groups in total. The van der Waals surface area contributed by atoms with Crippen LogP contribution in [0, 0.1) is 23.7 Å². The average Bonchev–Trinajstić information content (AvgIpc) is 3.45. The monoisotopic (exact) mass is 368 g/mol. The van der Waals surface area contributed by atoms with Crippen molar-refractivity contribution in [1.29, 1.82) is 0 Å². The van der Waals surface area contributed by atoms with Gasteiger partial charge in [0.05, 0.1) is 23.6 Å². The van der Waals surface area contributed by atoms with Crippen molar-refractivity contribution in [2.75, 3.05) is 18.1 Å². The molecule has 0 aromatic heterocycles. The molecule has 5 rings (SSSR count). The minimum atomic E-state index is -0.202. The molecule has 0 unspecified atom stereocenters. The first-order valence-corrected chi connectivity index (χ1v) is 10.0. The van der Waals surface area contributed by atoms with Gasteiger partial charge in [0, 0.05) is 18.7 Å². The van der Waals surface area contributed by atoms with Crippen LogP contribution in [-0.4, -0.2) is 37.0 Å². The number of amides is 3. The van der Waals surface area contributed by atoms with Crippen molar-refractivity contribution in [3.63, 3.8) is 0 Å². The van der Waals surface area contributed by atoms with Gasteiger partial charge in [0.15, 0.2) is 0 Å². The van der Waals surface area contributed by atoms with Crippen LogP contribution in [0.15, 0.2) is 24.3 Å². The first kappa shape index (κ1) is 16.9. The summed E-state index contributed by atoms with van der Waals surface area (Å²) in [6.07, 6.45) is 5.21. The van der Waals surface area contributed by atoms with E-state index in [-0.39, 0.29) is 35.7 Å². The molecule has 6 heteroatoms. The molecule has 2 heterocycles. The second-order valence-corrected chi connectivity index (χ2v) is 8.29. The van der Waals surface area contributed by atoms with Gasteiger partial charge in [-0.1, -0.05) is 6.07 Å². The number of nitrogens with one attached hydrogen (secondary N) is 1. The molecule has 142 valence electrons. The molecule has 4 aliphatic rings. The SMILES string of the molecule is O=C(NC[C@@H]1CCCO1)c1cccc(N2C(=O)[C@H]3[C@@H]4CC[C@@H](C4)[C@@H]3C2=O)c1. The number of fused-ring (bicyclic) bond motifs is 5. The summed E-state index contributed by atoms with van der Waals surface area (Å²) in [4.78, 5) is 39.7. The number of hydrogen-bond acceptors (Lipinski definition) is 4. The van der Waals surface area contributed by atoms with Gasteiger partial charge in [0.1, 0.15) is 0 Å². The molecule has 2 saturated carbocycles. The van der Waals surface area contributed by atoms with Gasteiger partial charge in [-0.05, 0) is 62.1 Å². The fourth-order valence-corrected chi connectivity index (χ4v) is 5.56. The Morgan fingerprint density at radius 1 is 1.11 bits per heavy atom. The molecular weight excluding hydrogens is 344 g/mol. The molecule has 27 heavy (non-hydrogen) atoms. The largest absolute Gasteiger partial charge is 0.376 e. The molecular formula is C21H24N2O4. The van der Waals surface area contributed by atoms with E-state index < -0.39 is 0 Å². The molecule has 4 fully saturated rings. The van der Waals surface area contributed by atoms with Gasteiger partial charge >= 0.3 is 0 Å². The lowest BCUT2D eigenvalue weighted by Crippen LogP contribution is -2.34.